The van der Waals surface area contributed by atoms with E-state index in [1.54, 1.807) is 6.92 Å². The van der Waals surface area contributed by atoms with Crippen LogP contribution in [0, 0.1) is 0 Å². The average Bonchev–Trinajstić information content (AvgIpc) is 2.67. The molecule has 0 bridgehead atoms. The van der Waals surface area contributed by atoms with Crippen LogP contribution in [-0.2, 0) is 4.79 Å². The summed E-state index contributed by atoms with van der Waals surface area (Å²) in [6, 6.07) is 13.0. The van der Waals surface area contributed by atoms with Crippen LogP contribution in [0.15, 0.2) is 66.4 Å². The van der Waals surface area contributed by atoms with Gasteiger partial charge in [-0.05, 0) is 53.1 Å². The Labute approximate surface area is 166 Å². The molecule has 0 spiro atoms. The zero-order chi connectivity index (χ0) is 19.6. The van der Waals surface area contributed by atoms with Gasteiger partial charge in [-0.1, -0.05) is 48.2 Å². The fourth-order valence-corrected chi connectivity index (χ4v) is 3.35. The summed E-state index contributed by atoms with van der Waals surface area (Å²) < 4.78 is 0. The number of fused-ring (bicyclic) bond motifs is 1. The summed E-state index contributed by atoms with van der Waals surface area (Å²) in [5.74, 6) is 0.811. The van der Waals surface area contributed by atoms with E-state index in [2.05, 4.69) is 72.6 Å². The third kappa shape index (κ3) is 6.74. The molecule has 0 heterocycles. The van der Waals surface area contributed by atoms with Crippen molar-refractivity contribution in [3.8, 4) is 0 Å². The van der Waals surface area contributed by atoms with Gasteiger partial charge in [0.15, 0.2) is 5.12 Å². The third-order valence-electron chi connectivity index (χ3n) is 4.30. The van der Waals surface area contributed by atoms with Crippen LogP contribution < -0.4 is 10.2 Å². The molecule has 0 saturated carbocycles. The highest BCUT2D eigenvalue weighted by Gasteiger charge is 2.04. The molecule has 0 radical (unpaired) electrons. The molecule has 2 N–H and O–H groups in total. The minimum Gasteiger partial charge on any atom is -0.374 e. The molecule has 0 unspecified atom stereocenters. The number of nitrogens with zero attached hydrogens (tertiary/aromatic N) is 1. The van der Waals surface area contributed by atoms with Gasteiger partial charge in [-0.15, -0.1) is 0 Å². The number of carbonyl (C=O) groups is 1. The van der Waals surface area contributed by atoms with Crippen LogP contribution in [0.4, 0.5) is 5.69 Å². The van der Waals surface area contributed by atoms with E-state index in [1.807, 2.05) is 25.5 Å². The number of nitrogens with two attached hydrogens (primary N) is 1. The molecule has 0 atom stereocenters. The second-order valence-electron chi connectivity index (χ2n) is 6.37. The van der Waals surface area contributed by atoms with E-state index in [4.69, 9.17) is 0 Å². The van der Waals surface area contributed by atoms with Gasteiger partial charge >= 0.3 is 0 Å². The molecule has 0 saturated heterocycles. The molecule has 3 nitrogen and oxygen atoms in total. The molecule has 0 aliphatic rings. The monoisotopic (exact) mass is 381 g/mol. The molecule has 2 aromatic rings. The summed E-state index contributed by atoms with van der Waals surface area (Å²) in [5, 5.41) is 4.65. The van der Waals surface area contributed by atoms with Gasteiger partial charge in [0.2, 0.25) is 0 Å². The second kappa shape index (κ2) is 10.8. The molecule has 0 fully saturated rings. The van der Waals surface area contributed by atoms with Crippen molar-refractivity contribution in [1.29, 1.82) is 0 Å². The van der Waals surface area contributed by atoms with Crippen LogP contribution in [0.1, 0.15) is 19.4 Å². The summed E-state index contributed by atoms with van der Waals surface area (Å²) in [4.78, 5) is 13.3. The number of carbonyl (C=O) groups excluding carboxylic acids is 1. The SMILES string of the molecule is C/C=C(\C=C/[NH2+]C)/C=C/c1ccc2cc(N(C)CCSC(C)=O)ccc2c1. The topological polar surface area (TPSA) is 36.9 Å². The van der Waals surface area contributed by atoms with Crippen LogP contribution in [0.2, 0.25) is 0 Å². The molecule has 142 valence electrons. The lowest BCUT2D eigenvalue weighted by atomic mass is 10.0. The van der Waals surface area contributed by atoms with Gasteiger partial charge in [0.05, 0.1) is 13.2 Å². The number of quaternary nitrogens is 1. The molecule has 0 amide bonds. The van der Waals surface area contributed by atoms with Crippen molar-refractivity contribution >= 4 is 39.4 Å². The Kier molecular flexibility index (Phi) is 8.37. The number of hydrogen-bond donors (Lipinski definition) is 1. The summed E-state index contributed by atoms with van der Waals surface area (Å²) >= 11 is 1.37. The van der Waals surface area contributed by atoms with Gasteiger partial charge in [0.1, 0.15) is 0 Å². The van der Waals surface area contributed by atoms with E-state index >= 15 is 0 Å². The third-order valence-corrected chi connectivity index (χ3v) is 5.10. The highest BCUT2D eigenvalue weighted by atomic mass is 32.2. The molecule has 2 aromatic carbocycles. The number of hydrogen-bond acceptors (Lipinski definition) is 3. The fourth-order valence-electron chi connectivity index (χ4n) is 2.70. The van der Waals surface area contributed by atoms with E-state index in [0.717, 1.165) is 12.3 Å². The first kappa shape index (κ1) is 21.0. The van der Waals surface area contributed by atoms with Gasteiger partial charge in [-0.2, -0.15) is 0 Å². The normalized spacial score (nSPS) is 12.4. The van der Waals surface area contributed by atoms with Crippen LogP contribution in [0.25, 0.3) is 16.8 Å². The number of anilines is 1. The van der Waals surface area contributed by atoms with Gasteiger partial charge in [-0.25, -0.2) is 0 Å². The highest BCUT2D eigenvalue weighted by Crippen LogP contribution is 2.23. The first-order valence-electron chi connectivity index (χ1n) is 9.22. The maximum Gasteiger partial charge on any atom is 0.185 e. The van der Waals surface area contributed by atoms with Crippen molar-refractivity contribution in [2.75, 3.05) is 31.3 Å². The van der Waals surface area contributed by atoms with Crippen molar-refractivity contribution in [1.82, 2.24) is 0 Å². The Hall–Kier alpha value is -2.30. The van der Waals surface area contributed by atoms with Crippen molar-refractivity contribution in [3.63, 3.8) is 0 Å². The Morgan fingerprint density at radius 3 is 2.59 bits per heavy atom. The Morgan fingerprint density at radius 2 is 1.89 bits per heavy atom. The predicted octanol–water partition coefficient (Wildman–Crippen LogP) is 4.22. The van der Waals surface area contributed by atoms with Crippen molar-refractivity contribution in [3.05, 3.63) is 72.0 Å². The summed E-state index contributed by atoms with van der Waals surface area (Å²) in [6.45, 7) is 4.52. The quantitative estimate of drug-likeness (QED) is 0.696. The molecule has 4 heteroatoms. The maximum atomic E-state index is 11.1. The minimum absolute atomic E-state index is 0.173. The summed E-state index contributed by atoms with van der Waals surface area (Å²) in [6.07, 6.45) is 10.5. The van der Waals surface area contributed by atoms with Crippen molar-refractivity contribution in [2.24, 2.45) is 0 Å². The lowest BCUT2D eigenvalue weighted by Gasteiger charge is -2.19. The minimum atomic E-state index is 0.173. The molecule has 0 aliphatic heterocycles. The van der Waals surface area contributed by atoms with Gasteiger partial charge in [0.25, 0.3) is 0 Å². The number of benzene rings is 2. The number of thioether (sulfide) groups is 1. The number of rotatable bonds is 8. The zero-order valence-electron chi connectivity index (χ0n) is 16.6. The molecule has 0 aliphatic carbocycles. The molecular formula is C23H29N2OS+. The van der Waals surface area contributed by atoms with E-state index in [-0.39, 0.29) is 5.12 Å². The predicted molar refractivity (Wildman–Crippen MR) is 120 cm³/mol. The maximum absolute atomic E-state index is 11.1. The second-order valence-corrected chi connectivity index (χ2v) is 7.64. The summed E-state index contributed by atoms with van der Waals surface area (Å²) in [7, 11) is 4.09. The largest absolute Gasteiger partial charge is 0.374 e. The van der Waals surface area contributed by atoms with E-state index in [1.165, 1.54) is 39.4 Å². The molecular weight excluding hydrogens is 352 g/mol. The first-order valence-corrected chi connectivity index (χ1v) is 10.2. The van der Waals surface area contributed by atoms with Crippen LogP contribution >= 0.6 is 11.8 Å². The fraction of sp³-hybridized carbons (Fsp3) is 0.261. The summed E-state index contributed by atoms with van der Waals surface area (Å²) in [5.41, 5.74) is 3.55. The lowest BCUT2D eigenvalue weighted by Crippen LogP contribution is -2.72. The lowest BCUT2D eigenvalue weighted by molar-refractivity contribution is -0.556. The number of allylic oxidation sites excluding steroid dienone is 4. The van der Waals surface area contributed by atoms with Gasteiger partial charge in [0, 0.05) is 32.0 Å². The standard InChI is InChI=1S/C23H28N2OS/c1-5-19(12-13-24-3)6-7-20-8-9-22-17-23(11-10-21(22)16-20)25(4)14-15-27-18(2)26/h5-13,16-17,24H,14-15H2,1-4H3/p+1/b7-6+,13-12-,19-5-. The van der Waals surface area contributed by atoms with Crippen LogP contribution in [-0.4, -0.2) is 31.5 Å². The van der Waals surface area contributed by atoms with E-state index in [0.29, 0.717) is 0 Å². The Balaban J connectivity index is 2.12. The molecule has 0 aromatic heterocycles. The van der Waals surface area contributed by atoms with Crippen LogP contribution in [0.5, 0.6) is 0 Å². The van der Waals surface area contributed by atoms with Crippen LogP contribution in [0.3, 0.4) is 0 Å². The van der Waals surface area contributed by atoms with Crippen molar-refractivity contribution in [2.45, 2.75) is 13.8 Å². The first-order chi connectivity index (χ1) is 13.0. The zero-order valence-corrected chi connectivity index (χ0v) is 17.4. The Bertz CT molecular complexity index is 868. The average molecular weight is 382 g/mol. The Morgan fingerprint density at radius 1 is 1.15 bits per heavy atom. The molecule has 2 rings (SSSR count). The molecule has 27 heavy (non-hydrogen) atoms. The van der Waals surface area contributed by atoms with Gasteiger partial charge < -0.3 is 10.2 Å². The van der Waals surface area contributed by atoms with E-state index in [9.17, 15) is 4.79 Å². The highest BCUT2D eigenvalue weighted by molar-refractivity contribution is 8.13. The van der Waals surface area contributed by atoms with Crippen molar-refractivity contribution < 1.29 is 10.1 Å². The smallest absolute Gasteiger partial charge is 0.185 e. The van der Waals surface area contributed by atoms with Gasteiger partial charge in [-0.3, -0.25) is 4.79 Å². The van der Waals surface area contributed by atoms with E-state index < -0.39 is 0 Å².